The molecule has 0 saturated carbocycles. The van der Waals surface area contributed by atoms with Crippen molar-refractivity contribution in [2.24, 2.45) is 0 Å². The van der Waals surface area contributed by atoms with E-state index < -0.39 is 10.7 Å². The second-order valence-electron chi connectivity index (χ2n) is 4.57. The van der Waals surface area contributed by atoms with Crippen LogP contribution in [0.1, 0.15) is 21.7 Å². The average Bonchev–Trinajstić information content (AvgIpc) is 2.75. The maximum atomic E-state index is 13.6. The highest BCUT2D eigenvalue weighted by molar-refractivity contribution is 5.98. The highest BCUT2D eigenvalue weighted by Gasteiger charge is 2.15. The van der Waals surface area contributed by atoms with Gasteiger partial charge in [-0.15, -0.1) is 0 Å². The first kappa shape index (κ1) is 14.7. The molecule has 0 fully saturated rings. The van der Waals surface area contributed by atoms with E-state index in [0.717, 1.165) is 23.9 Å². The molecule has 1 aromatic heterocycles. The molecule has 21 heavy (non-hydrogen) atoms. The summed E-state index contributed by atoms with van der Waals surface area (Å²) in [6.07, 6.45) is 0. The molecule has 0 spiro atoms. The van der Waals surface area contributed by atoms with E-state index in [1.54, 1.807) is 13.0 Å². The van der Waals surface area contributed by atoms with Crippen molar-refractivity contribution in [1.29, 1.82) is 0 Å². The zero-order valence-corrected chi connectivity index (χ0v) is 11.5. The Balaban J connectivity index is 2.08. The molecule has 1 heterocycles. The van der Waals surface area contributed by atoms with E-state index in [1.807, 2.05) is 6.92 Å². The molecule has 0 saturated heterocycles. The first-order valence-electron chi connectivity index (χ1n) is 6.14. The van der Waals surface area contributed by atoms with E-state index in [2.05, 4.69) is 4.98 Å². The minimum atomic E-state index is -0.876. The highest BCUT2D eigenvalue weighted by Crippen LogP contribution is 2.22. The van der Waals surface area contributed by atoms with Gasteiger partial charge in [-0.3, -0.25) is 14.9 Å². The van der Waals surface area contributed by atoms with Crippen LogP contribution >= 0.6 is 0 Å². The molecule has 0 amide bonds. The fraction of sp³-hybridized carbons (Fsp3) is 0.214. The number of ketones is 1. The van der Waals surface area contributed by atoms with E-state index in [0.29, 0.717) is 11.3 Å². The van der Waals surface area contributed by atoms with E-state index in [-0.39, 0.29) is 23.8 Å². The van der Waals surface area contributed by atoms with E-state index >= 15 is 0 Å². The molecular weight excluding hydrogens is 279 g/mol. The third-order valence-corrected chi connectivity index (χ3v) is 2.93. The Morgan fingerprint density at radius 2 is 2.10 bits per heavy atom. The van der Waals surface area contributed by atoms with Crippen molar-refractivity contribution in [3.05, 3.63) is 57.1 Å². The van der Waals surface area contributed by atoms with Crippen LogP contribution in [-0.4, -0.2) is 22.3 Å². The molecule has 0 bridgehead atoms. The van der Waals surface area contributed by atoms with Crippen LogP contribution in [0.15, 0.2) is 24.3 Å². The number of aromatic amines is 1. The Bertz CT molecular complexity index is 709. The Morgan fingerprint density at radius 3 is 2.62 bits per heavy atom. The normalized spacial score (nSPS) is 10.4. The Kier molecular flexibility index (Phi) is 4.02. The number of Topliss-reactive ketones (excluding diaryl/α,β-unsaturated/α-hetero) is 1. The van der Waals surface area contributed by atoms with Crippen molar-refractivity contribution < 1.29 is 18.8 Å². The van der Waals surface area contributed by atoms with Gasteiger partial charge >= 0.3 is 0 Å². The Hall–Kier alpha value is -2.70. The van der Waals surface area contributed by atoms with Gasteiger partial charge in [0.1, 0.15) is 0 Å². The molecule has 1 aromatic carbocycles. The summed E-state index contributed by atoms with van der Waals surface area (Å²) in [4.78, 5) is 24.7. The summed E-state index contributed by atoms with van der Waals surface area (Å²) in [5.41, 5.74) is 1.67. The lowest BCUT2D eigenvalue weighted by atomic mass is 10.1. The molecule has 0 radical (unpaired) electrons. The lowest BCUT2D eigenvalue weighted by molar-refractivity contribution is -0.385. The van der Waals surface area contributed by atoms with Gasteiger partial charge < -0.3 is 9.72 Å². The summed E-state index contributed by atoms with van der Waals surface area (Å²) in [5.74, 6) is -1.37. The van der Waals surface area contributed by atoms with Crippen LogP contribution in [-0.2, 0) is 0 Å². The van der Waals surface area contributed by atoms with Gasteiger partial charge in [-0.2, -0.15) is 0 Å². The van der Waals surface area contributed by atoms with Crippen molar-refractivity contribution in [1.82, 2.24) is 4.98 Å². The molecule has 2 aromatic rings. The molecule has 2 rings (SSSR count). The number of aryl methyl sites for hydroxylation is 2. The Labute approximate surface area is 119 Å². The largest absolute Gasteiger partial charge is 0.482 e. The van der Waals surface area contributed by atoms with Crippen LogP contribution in [0, 0.1) is 29.8 Å². The van der Waals surface area contributed by atoms with Gasteiger partial charge in [0.2, 0.25) is 5.78 Å². The fourth-order valence-electron chi connectivity index (χ4n) is 1.95. The minimum absolute atomic E-state index is 0.195. The quantitative estimate of drug-likeness (QED) is 0.521. The molecule has 7 heteroatoms. The number of rotatable bonds is 5. The van der Waals surface area contributed by atoms with Gasteiger partial charge in [0, 0.05) is 23.0 Å². The summed E-state index contributed by atoms with van der Waals surface area (Å²) < 4.78 is 18.7. The number of ether oxygens (including phenoxy) is 1. The van der Waals surface area contributed by atoms with Crippen molar-refractivity contribution in [2.45, 2.75) is 13.8 Å². The standard InChI is InChI=1S/C14H13FN2O4/c1-8-5-11(9(2)16-8)13(18)7-21-14-4-3-10(17(19)20)6-12(14)15/h3-6,16H,7H2,1-2H3. The predicted molar refractivity (Wildman–Crippen MR) is 73.1 cm³/mol. The monoisotopic (exact) mass is 292 g/mol. The van der Waals surface area contributed by atoms with E-state index in [1.165, 1.54) is 0 Å². The third kappa shape index (κ3) is 3.25. The van der Waals surface area contributed by atoms with Crippen LogP contribution < -0.4 is 4.74 Å². The first-order valence-corrected chi connectivity index (χ1v) is 6.14. The molecule has 0 aliphatic carbocycles. The third-order valence-electron chi connectivity index (χ3n) is 2.93. The fourth-order valence-corrected chi connectivity index (χ4v) is 1.95. The molecule has 0 aliphatic rings. The number of nitro benzene ring substituents is 1. The minimum Gasteiger partial charge on any atom is -0.482 e. The summed E-state index contributed by atoms with van der Waals surface area (Å²) in [7, 11) is 0. The average molecular weight is 292 g/mol. The van der Waals surface area contributed by atoms with Crippen molar-refractivity contribution >= 4 is 11.5 Å². The number of benzene rings is 1. The van der Waals surface area contributed by atoms with Crippen molar-refractivity contribution in [3.63, 3.8) is 0 Å². The highest BCUT2D eigenvalue weighted by atomic mass is 19.1. The number of carbonyl (C=O) groups is 1. The van der Waals surface area contributed by atoms with Crippen molar-refractivity contribution in [3.8, 4) is 5.75 Å². The Morgan fingerprint density at radius 1 is 1.38 bits per heavy atom. The number of halogens is 1. The number of aromatic nitrogens is 1. The van der Waals surface area contributed by atoms with Crippen LogP contribution in [0.4, 0.5) is 10.1 Å². The van der Waals surface area contributed by atoms with Crippen LogP contribution in [0.2, 0.25) is 0 Å². The predicted octanol–water partition coefficient (Wildman–Crippen LogP) is 2.94. The molecule has 0 aliphatic heterocycles. The number of hydrogen-bond donors (Lipinski definition) is 1. The second kappa shape index (κ2) is 5.74. The SMILES string of the molecule is Cc1cc(C(=O)COc2ccc([N+](=O)[O-])cc2F)c(C)[nH]1. The number of nitrogens with zero attached hydrogens (tertiary/aromatic N) is 1. The smallest absolute Gasteiger partial charge is 0.272 e. The zero-order valence-electron chi connectivity index (χ0n) is 11.5. The summed E-state index contributed by atoms with van der Waals surface area (Å²) >= 11 is 0. The topological polar surface area (TPSA) is 85.2 Å². The lowest BCUT2D eigenvalue weighted by Crippen LogP contribution is -2.12. The molecule has 0 atom stereocenters. The number of hydrogen-bond acceptors (Lipinski definition) is 4. The number of nitro groups is 1. The maximum Gasteiger partial charge on any atom is 0.272 e. The molecule has 0 unspecified atom stereocenters. The van der Waals surface area contributed by atoms with Crippen LogP contribution in [0.3, 0.4) is 0 Å². The van der Waals surface area contributed by atoms with Crippen molar-refractivity contribution in [2.75, 3.05) is 6.61 Å². The van der Waals surface area contributed by atoms with Gasteiger partial charge in [-0.1, -0.05) is 0 Å². The maximum absolute atomic E-state index is 13.6. The second-order valence-corrected chi connectivity index (χ2v) is 4.57. The zero-order chi connectivity index (χ0) is 15.6. The van der Waals surface area contributed by atoms with Crippen LogP contribution in [0.5, 0.6) is 5.75 Å². The summed E-state index contributed by atoms with van der Waals surface area (Å²) in [5, 5.41) is 10.5. The molecule has 1 N–H and O–H groups in total. The lowest BCUT2D eigenvalue weighted by Gasteiger charge is -2.06. The molecule has 110 valence electrons. The first-order chi connectivity index (χ1) is 9.88. The molecule has 6 nitrogen and oxygen atoms in total. The van der Waals surface area contributed by atoms with E-state index in [9.17, 15) is 19.3 Å². The number of carbonyl (C=O) groups excluding carboxylic acids is 1. The van der Waals surface area contributed by atoms with Gasteiger partial charge in [-0.25, -0.2) is 4.39 Å². The number of H-pyrrole nitrogens is 1. The van der Waals surface area contributed by atoms with Gasteiger partial charge in [0.25, 0.3) is 5.69 Å². The van der Waals surface area contributed by atoms with Gasteiger partial charge in [0.05, 0.1) is 11.0 Å². The molecular formula is C14H13FN2O4. The van der Waals surface area contributed by atoms with Gasteiger partial charge in [0.15, 0.2) is 18.2 Å². The number of non-ortho nitro benzene ring substituents is 1. The number of nitrogens with one attached hydrogen (secondary N) is 1. The summed E-state index contributed by atoms with van der Waals surface area (Å²) in [6.45, 7) is 3.24. The van der Waals surface area contributed by atoms with E-state index in [4.69, 9.17) is 4.74 Å². The van der Waals surface area contributed by atoms with Crippen LogP contribution in [0.25, 0.3) is 0 Å². The van der Waals surface area contributed by atoms with Gasteiger partial charge in [-0.05, 0) is 26.0 Å². The summed E-state index contributed by atoms with van der Waals surface area (Å²) in [6, 6.07) is 4.70.